The van der Waals surface area contributed by atoms with Gasteiger partial charge in [-0.2, -0.15) is 5.10 Å². The van der Waals surface area contributed by atoms with Crippen molar-refractivity contribution >= 4 is 5.82 Å². The van der Waals surface area contributed by atoms with Crippen LogP contribution < -0.4 is 10.6 Å². The molecule has 0 atom stereocenters. The fraction of sp³-hybridized carbons (Fsp3) is 0.438. The SMILES string of the molecule is Cc1ccc2c(c1)-c1[nH]nc(N3CCC(N)CC3)c1C2. The predicted molar refractivity (Wildman–Crippen MR) is 81.0 cm³/mol. The summed E-state index contributed by atoms with van der Waals surface area (Å²) in [5.41, 5.74) is 12.6. The first-order valence-electron chi connectivity index (χ1n) is 7.40. The Hall–Kier alpha value is -1.81. The maximum Gasteiger partial charge on any atom is 0.154 e. The van der Waals surface area contributed by atoms with Crippen LogP contribution in [0.15, 0.2) is 18.2 Å². The highest BCUT2D eigenvalue weighted by molar-refractivity contribution is 5.78. The molecule has 0 unspecified atom stereocenters. The molecule has 1 fully saturated rings. The molecule has 0 saturated carbocycles. The van der Waals surface area contributed by atoms with Gasteiger partial charge in [0.05, 0.1) is 5.69 Å². The van der Waals surface area contributed by atoms with Crippen LogP contribution in [0.4, 0.5) is 5.82 Å². The van der Waals surface area contributed by atoms with E-state index in [1.807, 2.05) is 0 Å². The van der Waals surface area contributed by atoms with Crippen LogP contribution in [-0.2, 0) is 6.42 Å². The van der Waals surface area contributed by atoms with Crippen LogP contribution in [0, 0.1) is 6.92 Å². The molecule has 1 saturated heterocycles. The minimum atomic E-state index is 0.359. The van der Waals surface area contributed by atoms with Crippen molar-refractivity contribution in [3.8, 4) is 11.3 Å². The highest BCUT2D eigenvalue weighted by Crippen LogP contribution is 2.40. The van der Waals surface area contributed by atoms with Gasteiger partial charge in [-0.1, -0.05) is 17.7 Å². The van der Waals surface area contributed by atoms with Crippen LogP contribution in [0.25, 0.3) is 11.3 Å². The number of aromatic amines is 1. The standard InChI is InChI=1S/C16H20N4/c1-10-2-3-11-9-14-15(13(11)8-10)18-19-16(14)20-6-4-12(17)5-7-20/h2-3,8,12H,4-7,9,17H2,1H3,(H,18,19). The summed E-state index contributed by atoms with van der Waals surface area (Å²) in [5, 5.41) is 7.83. The second-order valence-electron chi connectivity index (χ2n) is 6.06. The minimum Gasteiger partial charge on any atom is -0.355 e. The lowest BCUT2D eigenvalue weighted by atomic mass is 10.1. The number of piperidine rings is 1. The van der Waals surface area contributed by atoms with Gasteiger partial charge in [0.2, 0.25) is 0 Å². The van der Waals surface area contributed by atoms with Crippen LogP contribution >= 0.6 is 0 Å². The van der Waals surface area contributed by atoms with E-state index in [0.29, 0.717) is 6.04 Å². The number of rotatable bonds is 1. The summed E-state index contributed by atoms with van der Waals surface area (Å²) < 4.78 is 0. The molecule has 0 spiro atoms. The number of anilines is 1. The number of nitrogens with two attached hydrogens (primary N) is 1. The Morgan fingerprint density at radius 1 is 1.30 bits per heavy atom. The molecule has 4 heteroatoms. The summed E-state index contributed by atoms with van der Waals surface area (Å²) in [4.78, 5) is 2.39. The predicted octanol–water partition coefficient (Wildman–Crippen LogP) is 2.22. The van der Waals surface area contributed by atoms with E-state index in [-0.39, 0.29) is 0 Å². The van der Waals surface area contributed by atoms with Gasteiger partial charge in [0.25, 0.3) is 0 Å². The lowest BCUT2D eigenvalue weighted by molar-refractivity contribution is 0.498. The normalized spacial score (nSPS) is 18.2. The monoisotopic (exact) mass is 268 g/mol. The molecule has 1 aliphatic heterocycles. The highest BCUT2D eigenvalue weighted by Gasteiger charge is 2.28. The molecule has 0 bridgehead atoms. The molecular formula is C16H20N4. The third-order valence-electron chi connectivity index (χ3n) is 4.59. The van der Waals surface area contributed by atoms with Gasteiger partial charge >= 0.3 is 0 Å². The van der Waals surface area contributed by atoms with Crippen molar-refractivity contribution in [2.45, 2.75) is 32.2 Å². The summed E-state index contributed by atoms with van der Waals surface area (Å²) in [6.07, 6.45) is 3.13. The molecule has 1 aliphatic carbocycles. The van der Waals surface area contributed by atoms with Crippen molar-refractivity contribution in [3.05, 3.63) is 34.9 Å². The largest absolute Gasteiger partial charge is 0.355 e. The van der Waals surface area contributed by atoms with Gasteiger partial charge in [-0.05, 0) is 31.4 Å². The van der Waals surface area contributed by atoms with Crippen LogP contribution in [0.5, 0.6) is 0 Å². The smallest absolute Gasteiger partial charge is 0.154 e. The molecule has 4 rings (SSSR count). The number of hydrogen-bond donors (Lipinski definition) is 2. The maximum absolute atomic E-state index is 5.99. The lowest BCUT2D eigenvalue weighted by Gasteiger charge is -2.30. The van der Waals surface area contributed by atoms with Gasteiger partial charge in [-0.3, -0.25) is 5.10 Å². The summed E-state index contributed by atoms with van der Waals surface area (Å²) in [5.74, 6) is 1.14. The van der Waals surface area contributed by atoms with Crippen LogP contribution in [0.1, 0.15) is 29.5 Å². The van der Waals surface area contributed by atoms with E-state index in [9.17, 15) is 0 Å². The van der Waals surface area contributed by atoms with Crippen molar-refractivity contribution in [3.63, 3.8) is 0 Å². The number of aryl methyl sites for hydroxylation is 1. The van der Waals surface area contributed by atoms with Gasteiger partial charge in [0.1, 0.15) is 0 Å². The van der Waals surface area contributed by atoms with Crippen molar-refractivity contribution in [1.82, 2.24) is 10.2 Å². The highest BCUT2D eigenvalue weighted by atomic mass is 15.3. The van der Waals surface area contributed by atoms with E-state index in [1.54, 1.807) is 0 Å². The first kappa shape index (κ1) is 12.0. The Balaban J connectivity index is 1.70. The van der Waals surface area contributed by atoms with Gasteiger partial charge in [-0.25, -0.2) is 0 Å². The molecule has 4 nitrogen and oxygen atoms in total. The quantitative estimate of drug-likeness (QED) is 0.711. The van der Waals surface area contributed by atoms with Crippen LogP contribution in [0.2, 0.25) is 0 Å². The Bertz CT molecular complexity index is 650. The van der Waals surface area contributed by atoms with E-state index in [0.717, 1.165) is 38.2 Å². The number of nitrogens with zero attached hydrogens (tertiary/aromatic N) is 2. The summed E-state index contributed by atoms with van der Waals surface area (Å²) in [7, 11) is 0. The van der Waals surface area contributed by atoms with Gasteiger partial charge in [0.15, 0.2) is 5.82 Å². The van der Waals surface area contributed by atoms with Crippen molar-refractivity contribution in [2.75, 3.05) is 18.0 Å². The van der Waals surface area contributed by atoms with Crippen LogP contribution in [-0.4, -0.2) is 29.3 Å². The molecule has 3 N–H and O–H groups in total. The van der Waals surface area contributed by atoms with Crippen LogP contribution in [0.3, 0.4) is 0 Å². The number of benzene rings is 1. The fourth-order valence-electron chi connectivity index (χ4n) is 3.39. The Kier molecular flexibility index (Phi) is 2.60. The Labute approximate surface area is 119 Å². The second kappa shape index (κ2) is 4.35. The van der Waals surface area contributed by atoms with Gasteiger partial charge in [0, 0.05) is 36.7 Å². The summed E-state index contributed by atoms with van der Waals surface area (Å²) in [6, 6.07) is 7.06. The topological polar surface area (TPSA) is 57.9 Å². The lowest BCUT2D eigenvalue weighted by Crippen LogP contribution is -2.40. The third-order valence-corrected chi connectivity index (χ3v) is 4.59. The zero-order valence-electron chi connectivity index (χ0n) is 11.8. The molecule has 2 aliphatic rings. The van der Waals surface area contributed by atoms with E-state index >= 15 is 0 Å². The number of hydrogen-bond acceptors (Lipinski definition) is 3. The summed E-state index contributed by atoms with van der Waals surface area (Å²) >= 11 is 0. The number of nitrogens with one attached hydrogen (secondary N) is 1. The minimum absolute atomic E-state index is 0.359. The molecule has 0 radical (unpaired) electrons. The zero-order chi connectivity index (χ0) is 13.7. The second-order valence-corrected chi connectivity index (χ2v) is 6.06. The van der Waals surface area contributed by atoms with E-state index < -0.39 is 0 Å². The molecule has 0 amide bonds. The average molecular weight is 268 g/mol. The summed E-state index contributed by atoms with van der Waals surface area (Å²) in [6.45, 7) is 4.18. The average Bonchev–Trinajstić information content (AvgIpc) is 2.99. The van der Waals surface area contributed by atoms with E-state index in [1.165, 1.54) is 27.9 Å². The molecule has 104 valence electrons. The van der Waals surface area contributed by atoms with E-state index in [2.05, 4.69) is 40.2 Å². The molecule has 2 aromatic rings. The van der Waals surface area contributed by atoms with Gasteiger partial charge < -0.3 is 10.6 Å². The maximum atomic E-state index is 5.99. The molecular weight excluding hydrogens is 248 g/mol. The molecule has 1 aromatic carbocycles. The number of fused-ring (bicyclic) bond motifs is 3. The Morgan fingerprint density at radius 2 is 2.10 bits per heavy atom. The fourth-order valence-corrected chi connectivity index (χ4v) is 3.39. The van der Waals surface area contributed by atoms with Gasteiger partial charge in [-0.15, -0.1) is 0 Å². The first-order chi connectivity index (χ1) is 9.72. The number of aromatic nitrogens is 2. The van der Waals surface area contributed by atoms with E-state index in [4.69, 9.17) is 5.73 Å². The number of H-pyrrole nitrogens is 1. The van der Waals surface area contributed by atoms with Crippen molar-refractivity contribution in [2.24, 2.45) is 5.73 Å². The zero-order valence-corrected chi connectivity index (χ0v) is 11.8. The third kappa shape index (κ3) is 1.75. The molecule has 20 heavy (non-hydrogen) atoms. The first-order valence-corrected chi connectivity index (χ1v) is 7.40. The molecule has 2 heterocycles. The molecule has 1 aromatic heterocycles. The van der Waals surface area contributed by atoms with Crippen molar-refractivity contribution < 1.29 is 0 Å². The van der Waals surface area contributed by atoms with Crippen molar-refractivity contribution in [1.29, 1.82) is 0 Å². The Morgan fingerprint density at radius 3 is 2.90 bits per heavy atom.